The molecule has 3 atom stereocenters. The van der Waals surface area contributed by atoms with Gasteiger partial charge in [0.15, 0.2) is 5.90 Å². The fraction of sp³-hybridized carbons (Fsp3) is 0.667. The Morgan fingerprint density at radius 1 is 1.19 bits per heavy atom. The number of methoxy groups -OCH3 is 1. The van der Waals surface area contributed by atoms with Crippen LogP contribution in [0.1, 0.15) is 48.5 Å². The van der Waals surface area contributed by atoms with Crippen molar-refractivity contribution in [3.8, 4) is 11.5 Å². The third-order valence-electron chi connectivity index (χ3n) is 5.23. The quantitative estimate of drug-likeness (QED) is 0.708. The molecule has 0 saturated carbocycles. The molecule has 0 aliphatic carbocycles. The second-order valence-corrected chi connectivity index (χ2v) is 12.1. The van der Waals surface area contributed by atoms with Crippen molar-refractivity contribution in [1.82, 2.24) is 0 Å². The Hall–Kier alpha value is -1.28. The molecule has 0 radical (unpaired) electrons. The first kappa shape index (κ1) is 19.5. The van der Waals surface area contributed by atoms with E-state index in [4.69, 9.17) is 19.2 Å². The molecule has 0 spiro atoms. The van der Waals surface area contributed by atoms with Crippen molar-refractivity contribution < 1.29 is 14.2 Å². The van der Waals surface area contributed by atoms with Gasteiger partial charge in [-0.05, 0) is 45.0 Å². The van der Waals surface area contributed by atoms with Gasteiger partial charge in [-0.1, -0.05) is 40.7 Å². The lowest BCUT2D eigenvalue weighted by molar-refractivity contribution is 0.172. The first-order valence-electron chi connectivity index (χ1n) is 9.41. The summed E-state index contributed by atoms with van der Waals surface area (Å²) < 4.78 is 18.3. The van der Waals surface area contributed by atoms with E-state index in [1.807, 2.05) is 12.1 Å². The number of nitrogens with zero attached hydrogens (tertiary/aromatic N) is 1. The van der Waals surface area contributed by atoms with E-state index < -0.39 is 7.92 Å². The molecule has 1 aromatic carbocycles. The molecule has 0 N–H and O–H groups in total. The Morgan fingerprint density at radius 2 is 1.88 bits per heavy atom. The number of hydrogen-bond donors (Lipinski definition) is 0. The molecule has 2 heterocycles. The lowest BCUT2D eigenvalue weighted by Crippen LogP contribution is -2.41. The van der Waals surface area contributed by atoms with Crippen molar-refractivity contribution in [1.29, 1.82) is 0 Å². The lowest BCUT2D eigenvalue weighted by atomic mass is 9.94. The maximum atomic E-state index is 6.55. The predicted octanol–water partition coefficient (Wildman–Crippen LogP) is 4.80. The zero-order valence-electron chi connectivity index (χ0n) is 17.3. The van der Waals surface area contributed by atoms with E-state index in [0.717, 1.165) is 17.4 Å². The van der Waals surface area contributed by atoms with Crippen LogP contribution in [-0.4, -0.2) is 36.7 Å². The van der Waals surface area contributed by atoms with Crippen molar-refractivity contribution in [2.75, 3.05) is 13.7 Å². The van der Waals surface area contributed by atoms with Gasteiger partial charge in [0.2, 0.25) is 0 Å². The molecule has 0 bridgehead atoms. The van der Waals surface area contributed by atoms with Crippen molar-refractivity contribution in [2.45, 2.75) is 65.5 Å². The minimum absolute atomic E-state index is 0.00784. The van der Waals surface area contributed by atoms with E-state index in [1.54, 1.807) is 7.11 Å². The van der Waals surface area contributed by atoms with Crippen LogP contribution < -0.4 is 14.8 Å². The lowest BCUT2D eigenvalue weighted by Gasteiger charge is -2.39. The Bertz CT molecular complexity index is 706. The van der Waals surface area contributed by atoms with Crippen molar-refractivity contribution in [2.24, 2.45) is 16.3 Å². The van der Waals surface area contributed by atoms with Crippen LogP contribution in [0, 0.1) is 11.3 Å². The van der Waals surface area contributed by atoms with E-state index in [0.29, 0.717) is 12.5 Å². The summed E-state index contributed by atoms with van der Waals surface area (Å²) in [5, 5.41) is 1.31. The smallest absolute Gasteiger partial charge is 0.193 e. The Kier molecular flexibility index (Phi) is 5.03. The highest BCUT2D eigenvalue weighted by atomic mass is 31.1. The molecule has 0 fully saturated rings. The molecule has 144 valence electrons. The second-order valence-electron chi connectivity index (χ2n) is 9.10. The average molecular weight is 377 g/mol. The van der Waals surface area contributed by atoms with Gasteiger partial charge < -0.3 is 14.2 Å². The number of aliphatic imine (C=N–C) groups is 1. The molecule has 0 amide bonds. The molecule has 0 aromatic heterocycles. The van der Waals surface area contributed by atoms with Gasteiger partial charge in [0, 0.05) is 0 Å². The summed E-state index contributed by atoms with van der Waals surface area (Å²) in [6.07, 6.45) is 0. The van der Waals surface area contributed by atoms with E-state index in [-0.39, 0.29) is 22.5 Å². The minimum Gasteiger partial charge on any atom is -0.496 e. The molecule has 2 aliphatic rings. The van der Waals surface area contributed by atoms with Crippen molar-refractivity contribution >= 4 is 19.1 Å². The number of ether oxygens (including phenoxy) is 3. The summed E-state index contributed by atoms with van der Waals surface area (Å²) in [5.41, 5.74) is -0.299. The maximum Gasteiger partial charge on any atom is 0.193 e. The number of benzene rings is 1. The summed E-state index contributed by atoms with van der Waals surface area (Å²) in [4.78, 5) is 4.92. The molecule has 0 saturated heterocycles. The molecule has 1 unspecified atom stereocenters. The fourth-order valence-corrected chi connectivity index (χ4v) is 6.99. The summed E-state index contributed by atoms with van der Waals surface area (Å²) in [6, 6.07) is 6.34. The third kappa shape index (κ3) is 3.22. The minimum atomic E-state index is -0.634. The van der Waals surface area contributed by atoms with Crippen LogP contribution >= 0.6 is 7.92 Å². The Labute approximate surface area is 159 Å². The largest absolute Gasteiger partial charge is 0.496 e. The molecule has 3 rings (SSSR count). The van der Waals surface area contributed by atoms with Crippen LogP contribution in [0.3, 0.4) is 0 Å². The van der Waals surface area contributed by atoms with Crippen LogP contribution in [0.25, 0.3) is 0 Å². The normalized spacial score (nSPS) is 25.6. The molecule has 4 nitrogen and oxygen atoms in total. The highest BCUT2D eigenvalue weighted by Crippen LogP contribution is 2.64. The van der Waals surface area contributed by atoms with Crippen LogP contribution in [0.4, 0.5) is 0 Å². The van der Waals surface area contributed by atoms with Gasteiger partial charge in [-0.2, -0.15) is 0 Å². The van der Waals surface area contributed by atoms with Crippen molar-refractivity contribution in [3.05, 3.63) is 18.2 Å². The second kappa shape index (κ2) is 6.71. The standard InChI is InChI=1S/C21H32NO3P/c1-13(2)14-12-24-18(22-14)21(6,7)19-25-16-11-9-10-15(23-8)17(16)26(19)20(3,4)5/h9-11,13-14,19H,12H2,1-8H3/t14?,19-,26-/m1/s1. The number of hydrogen-bond acceptors (Lipinski definition) is 4. The van der Waals surface area contributed by atoms with Gasteiger partial charge in [0.05, 0.1) is 23.9 Å². The SMILES string of the molecule is COc1cccc2c1[P@@](C(C)(C)C)[C@H](C(C)(C)C1=NC(C(C)C)CO1)O2. The van der Waals surface area contributed by atoms with Gasteiger partial charge in [0.25, 0.3) is 0 Å². The fourth-order valence-electron chi connectivity index (χ4n) is 3.64. The van der Waals surface area contributed by atoms with E-state index in [2.05, 4.69) is 54.5 Å². The highest BCUT2D eigenvalue weighted by Gasteiger charge is 2.53. The van der Waals surface area contributed by atoms with Crippen LogP contribution in [0.2, 0.25) is 0 Å². The van der Waals surface area contributed by atoms with Gasteiger partial charge in [-0.15, -0.1) is 0 Å². The first-order chi connectivity index (χ1) is 12.1. The zero-order valence-corrected chi connectivity index (χ0v) is 18.2. The maximum absolute atomic E-state index is 6.55. The summed E-state index contributed by atoms with van der Waals surface area (Å²) in [7, 11) is 1.10. The van der Waals surface area contributed by atoms with Crippen molar-refractivity contribution in [3.63, 3.8) is 0 Å². The molecule has 26 heavy (non-hydrogen) atoms. The Balaban J connectivity index is 2.03. The molecular formula is C21H32NO3P. The van der Waals surface area contributed by atoms with E-state index in [1.165, 1.54) is 5.30 Å². The van der Waals surface area contributed by atoms with Gasteiger partial charge in [-0.25, -0.2) is 4.99 Å². The van der Waals surface area contributed by atoms with Crippen LogP contribution in [0.5, 0.6) is 11.5 Å². The average Bonchev–Trinajstić information content (AvgIpc) is 3.19. The molecule has 1 aromatic rings. The zero-order chi connectivity index (χ0) is 19.3. The van der Waals surface area contributed by atoms with E-state index >= 15 is 0 Å². The van der Waals surface area contributed by atoms with Gasteiger partial charge >= 0.3 is 0 Å². The highest BCUT2D eigenvalue weighted by molar-refractivity contribution is 7.68. The first-order valence-corrected chi connectivity index (χ1v) is 10.8. The third-order valence-corrected chi connectivity index (χ3v) is 8.82. The summed E-state index contributed by atoms with van der Waals surface area (Å²) in [5.74, 6) is 3.20. The van der Waals surface area contributed by atoms with Crippen LogP contribution in [0.15, 0.2) is 23.2 Å². The topological polar surface area (TPSA) is 40.0 Å². The predicted molar refractivity (Wildman–Crippen MR) is 110 cm³/mol. The number of fused-ring (bicyclic) bond motifs is 1. The summed E-state index contributed by atoms with van der Waals surface area (Å²) in [6.45, 7) is 16.4. The molecule has 5 heteroatoms. The van der Waals surface area contributed by atoms with Gasteiger partial charge in [-0.3, -0.25) is 0 Å². The van der Waals surface area contributed by atoms with E-state index in [9.17, 15) is 0 Å². The number of rotatable bonds is 4. The Morgan fingerprint density at radius 3 is 2.42 bits per heavy atom. The monoisotopic (exact) mass is 377 g/mol. The van der Waals surface area contributed by atoms with Gasteiger partial charge in [0.1, 0.15) is 24.0 Å². The summed E-state index contributed by atoms with van der Waals surface area (Å²) >= 11 is 0. The molecule has 2 aliphatic heterocycles. The van der Waals surface area contributed by atoms with Crippen LogP contribution in [-0.2, 0) is 4.74 Å². The molecular weight excluding hydrogens is 345 g/mol.